The van der Waals surface area contributed by atoms with Crippen LogP contribution in [0.15, 0.2) is 30.7 Å². The zero-order valence-corrected chi connectivity index (χ0v) is 11.1. The van der Waals surface area contributed by atoms with Crippen molar-refractivity contribution < 1.29 is 14.3 Å². The average molecular weight is 273 g/mol. The minimum absolute atomic E-state index is 0.0288. The highest BCUT2D eigenvalue weighted by Crippen LogP contribution is 2.36. The number of carbonyl (C=O) groups excluding carboxylic acids is 1. The van der Waals surface area contributed by atoms with Crippen LogP contribution in [0, 0.1) is 0 Å². The lowest BCUT2D eigenvalue weighted by Gasteiger charge is -2.28. The maximum absolute atomic E-state index is 11.8. The van der Waals surface area contributed by atoms with Crippen LogP contribution in [-0.2, 0) is 4.74 Å². The number of carbonyl (C=O) groups is 1. The number of esters is 1. The number of nitrogens with two attached hydrogens (primary N) is 1. The van der Waals surface area contributed by atoms with Gasteiger partial charge in [-0.3, -0.25) is 0 Å². The first-order valence-electron chi connectivity index (χ1n) is 6.33. The molecule has 0 saturated heterocycles. The fraction of sp³-hybridized carbons (Fsp3) is 0.286. The van der Waals surface area contributed by atoms with Crippen LogP contribution in [0.3, 0.4) is 0 Å². The number of fused-ring (bicyclic) bond motifs is 1. The first-order chi connectivity index (χ1) is 9.70. The van der Waals surface area contributed by atoms with Crippen LogP contribution >= 0.6 is 0 Å². The molecule has 1 unspecified atom stereocenters. The van der Waals surface area contributed by atoms with Crippen molar-refractivity contribution in [2.45, 2.75) is 12.5 Å². The normalized spacial score (nSPS) is 17.1. The van der Waals surface area contributed by atoms with Crippen molar-refractivity contribution in [2.75, 3.05) is 19.5 Å². The molecular formula is C14H15N3O3. The number of nitrogen functional groups attached to an aromatic ring is 1. The first-order valence-corrected chi connectivity index (χ1v) is 6.33. The molecule has 104 valence electrons. The van der Waals surface area contributed by atoms with E-state index in [9.17, 15) is 4.79 Å². The highest BCUT2D eigenvalue weighted by Gasteiger charge is 2.26. The first kappa shape index (κ1) is 12.5. The smallest absolute Gasteiger partial charge is 0.356 e. The van der Waals surface area contributed by atoms with Crippen LogP contribution in [-0.4, -0.2) is 29.2 Å². The lowest BCUT2D eigenvalue weighted by atomic mass is 9.99. The Morgan fingerprint density at radius 1 is 1.55 bits per heavy atom. The predicted octanol–water partition coefficient (Wildman–Crippen LogP) is 1.62. The Bertz CT molecular complexity index is 651. The summed E-state index contributed by atoms with van der Waals surface area (Å²) in [5, 5.41) is 0. The molecule has 2 heterocycles. The summed E-state index contributed by atoms with van der Waals surface area (Å²) in [6.07, 6.45) is 3.89. The van der Waals surface area contributed by atoms with Crippen molar-refractivity contribution in [1.29, 1.82) is 0 Å². The summed E-state index contributed by atoms with van der Waals surface area (Å²) < 4.78 is 12.2. The van der Waals surface area contributed by atoms with Crippen molar-refractivity contribution in [3.63, 3.8) is 0 Å². The zero-order valence-electron chi connectivity index (χ0n) is 11.1. The molecule has 20 heavy (non-hydrogen) atoms. The average Bonchev–Trinajstić information content (AvgIpc) is 2.95. The number of ether oxygens (including phenoxy) is 2. The Morgan fingerprint density at radius 2 is 2.40 bits per heavy atom. The number of imidazole rings is 1. The van der Waals surface area contributed by atoms with E-state index in [1.807, 2.05) is 16.7 Å². The maximum atomic E-state index is 11.8. The number of benzene rings is 1. The van der Waals surface area contributed by atoms with E-state index in [0.717, 1.165) is 17.7 Å². The highest BCUT2D eigenvalue weighted by atomic mass is 16.5. The van der Waals surface area contributed by atoms with Gasteiger partial charge in [0.05, 0.1) is 32.3 Å². The van der Waals surface area contributed by atoms with Gasteiger partial charge in [-0.05, 0) is 18.2 Å². The minimum Gasteiger partial charge on any atom is -0.493 e. The Hall–Kier alpha value is -2.50. The standard InChI is InChI=1S/C14H15N3O3/c1-19-14(18)12-7-16-8-17(12)11-4-5-20-13-3-2-9(15)6-10(11)13/h2-3,6-8,11H,4-5,15H2,1H3. The number of aromatic nitrogens is 2. The maximum Gasteiger partial charge on any atom is 0.356 e. The molecule has 0 radical (unpaired) electrons. The van der Waals surface area contributed by atoms with E-state index in [0.29, 0.717) is 18.0 Å². The van der Waals surface area contributed by atoms with E-state index in [1.165, 1.54) is 13.3 Å². The molecular weight excluding hydrogens is 258 g/mol. The molecule has 2 aromatic rings. The van der Waals surface area contributed by atoms with E-state index in [1.54, 1.807) is 12.4 Å². The van der Waals surface area contributed by atoms with Crippen molar-refractivity contribution in [2.24, 2.45) is 0 Å². The Labute approximate surface area is 116 Å². The van der Waals surface area contributed by atoms with Gasteiger partial charge in [-0.15, -0.1) is 0 Å². The van der Waals surface area contributed by atoms with Crippen LogP contribution in [0.2, 0.25) is 0 Å². The molecule has 1 aliphatic heterocycles. The molecule has 0 bridgehead atoms. The van der Waals surface area contributed by atoms with Gasteiger partial charge in [0.25, 0.3) is 0 Å². The molecule has 6 heteroatoms. The largest absolute Gasteiger partial charge is 0.493 e. The number of nitrogens with zero attached hydrogens (tertiary/aromatic N) is 2. The third-order valence-corrected chi connectivity index (χ3v) is 3.44. The van der Waals surface area contributed by atoms with Crippen molar-refractivity contribution >= 4 is 11.7 Å². The van der Waals surface area contributed by atoms with E-state index in [2.05, 4.69) is 4.98 Å². The van der Waals surface area contributed by atoms with E-state index < -0.39 is 5.97 Å². The molecule has 3 rings (SSSR count). The summed E-state index contributed by atoms with van der Waals surface area (Å²) in [6.45, 7) is 0.584. The Morgan fingerprint density at radius 3 is 3.20 bits per heavy atom. The van der Waals surface area contributed by atoms with Gasteiger partial charge in [0, 0.05) is 17.7 Å². The molecule has 0 saturated carbocycles. The van der Waals surface area contributed by atoms with E-state index in [-0.39, 0.29) is 6.04 Å². The number of hydrogen-bond donors (Lipinski definition) is 1. The Balaban J connectivity index is 2.07. The second kappa shape index (κ2) is 4.88. The van der Waals surface area contributed by atoms with Gasteiger partial charge >= 0.3 is 5.97 Å². The van der Waals surface area contributed by atoms with E-state index in [4.69, 9.17) is 15.2 Å². The summed E-state index contributed by atoms with van der Waals surface area (Å²) in [7, 11) is 1.36. The molecule has 1 aliphatic rings. The lowest BCUT2D eigenvalue weighted by Crippen LogP contribution is -2.23. The van der Waals surface area contributed by atoms with Crippen LogP contribution in [0.4, 0.5) is 5.69 Å². The molecule has 0 aliphatic carbocycles. The van der Waals surface area contributed by atoms with Crippen molar-refractivity contribution in [3.8, 4) is 5.75 Å². The molecule has 0 fully saturated rings. The second-order valence-corrected chi connectivity index (χ2v) is 4.63. The second-order valence-electron chi connectivity index (χ2n) is 4.63. The van der Waals surface area contributed by atoms with Gasteiger partial charge in [0.2, 0.25) is 0 Å². The number of rotatable bonds is 2. The minimum atomic E-state index is -0.403. The molecule has 0 spiro atoms. The van der Waals surface area contributed by atoms with Crippen LogP contribution in [0.25, 0.3) is 0 Å². The summed E-state index contributed by atoms with van der Waals surface area (Å²) in [5.41, 5.74) is 7.90. The van der Waals surface area contributed by atoms with Gasteiger partial charge in [0.15, 0.2) is 0 Å². The summed E-state index contributed by atoms with van der Waals surface area (Å²) >= 11 is 0. The van der Waals surface area contributed by atoms with Gasteiger partial charge in [-0.2, -0.15) is 0 Å². The van der Waals surface area contributed by atoms with E-state index >= 15 is 0 Å². The molecule has 6 nitrogen and oxygen atoms in total. The monoisotopic (exact) mass is 273 g/mol. The molecule has 1 aromatic heterocycles. The third kappa shape index (κ3) is 1.99. The predicted molar refractivity (Wildman–Crippen MR) is 72.7 cm³/mol. The Kier molecular flexibility index (Phi) is 3.06. The quantitative estimate of drug-likeness (QED) is 0.664. The SMILES string of the molecule is COC(=O)c1cncn1C1CCOc2ccc(N)cc21. The van der Waals surface area contributed by atoms with Gasteiger partial charge < -0.3 is 19.8 Å². The number of hydrogen-bond acceptors (Lipinski definition) is 5. The summed E-state index contributed by atoms with van der Waals surface area (Å²) in [4.78, 5) is 15.8. The zero-order chi connectivity index (χ0) is 14.1. The van der Waals surface area contributed by atoms with Gasteiger partial charge in [-0.1, -0.05) is 0 Å². The number of anilines is 1. The van der Waals surface area contributed by atoms with Crippen LogP contribution < -0.4 is 10.5 Å². The lowest BCUT2D eigenvalue weighted by molar-refractivity contribution is 0.0585. The third-order valence-electron chi connectivity index (χ3n) is 3.44. The fourth-order valence-electron chi connectivity index (χ4n) is 2.50. The van der Waals surface area contributed by atoms with Gasteiger partial charge in [0.1, 0.15) is 11.4 Å². The molecule has 0 amide bonds. The van der Waals surface area contributed by atoms with Crippen molar-refractivity contribution in [1.82, 2.24) is 9.55 Å². The van der Waals surface area contributed by atoms with Crippen LogP contribution in [0.1, 0.15) is 28.5 Å². The summed E-state index contributed by atoms with van der Waals surface area (Å²) in [5.74, 6) is 0.388. The van der Waals surface area contributed by atoms with Crippen molar-refractivity contribution in [3.05, 3.63) is 42.0 Å². The fourth-order valence-corrected chi connectivity index (χ4v) is 2.50. The summed E-state index contributed by atoms with van der Waals surface area (Å²) in [6, 6.07) is 5.50. The molecule has 2 N–H and O–H groups in total. The highest BCUT2D eigenvalue weighted by molar-refractivity contribution is 5.87. The van der Waals surface area contributed by atoms with Crippen LogP contribution in [0.5, 0.6) is 5.75 Å². The topological polar surface area (TPSA) is 79.4 Å². The van der Waals surface area contributed by atoms with Gasteiger partial charge in [-0.25, -0.2) is 9.78 Å². The molecule has 1 atom stereocenters. The number of methoxy groups -OCH3 is 1. The molecule has 1 aromatic carbocycles.